The van der Waals surface area contributed by atoms with Crippen molar-refractivity contribution in [3.05, 3.63) is 35.9 Å². The lowest BCUT2D eigenvalue weighted by Crippen LogP contribution is -2.16. The summed E-state index contributed by atoms with van der Waals surface area (Å²) in [5.41, 5.74) is 0.815. The number of Topliss-reactive ketones (excluding diaryl/α,β-unsaturated/α-hetero) is 1. The molecule has 1 saturated heterocycles. The Labute approximate surface area is 209 Å². The van der Waals surface area contributed by atoms with Crippen LogP contribution < -0.4 is 0 Å². The summed E-state index contributed by atoms with van der Waals surface area (Å²) in [5.74, 6) is 5.38. The molecule has 7 nitrogen and oxygen atoms in total. The highest BCUT2D eigenvalue weighted by Gasteiger charge is 2.34. The van der Waals surface area contributed by atoms with Crippen molar-refractivity contribution in [3.63, 3.8) is 0 Å². The first kappa shape index (κ1) is 29.0. The van der Waals surface area contributed by atoms with Crippen molar-refractivity contribution in [2.24, 2.45) is 5.92 Å². The van der Waals surface area contributed by atoms with Crippen molar-refractivity contribution in [2.75, 3.05) is 26.4 Å². The molecule has 194 valence electrons. The van der Waals surface area contributed by atoms with Gasteiger partial charge in [-0.15, -0.1) is 5.92 Å². The molecule has 0 bridgehead atoms. The second kappa shape index (κ2) is 17.2. The smallest absolute Gasteiger partial charge is 0.309 e. The summed E-state index contributed by atoms with van der Waals surface area (Å²) in [6.45, 7) is 2.52. The molecule has 4 atom stereocenters. The molecule has 0 aromatic heterocycles. The molecule has 35 heavy (non-hydrogen) atoms. The Morgan fingerprint density at radius 3 is 2.49 bits per heavy atom. The molecule has 0 spiro atoms. The van der Waals surface area contributed by atoms with Crippen LogP contribution in [0.2, 0.25) is 0 Å². The van der Waals surface area contributed by atoms with E-state index in [4.69, 9.17) is 14.2 Å². The predicted molar refractivity (Wildman–Crippen MR) is 132 cm³/mol. The zero-order valence-corrected chi connectivity index (χ0v) is 20.8. The Kier molecular flexibility index (Phi) is 14.3. The second-order valence-electron chi connectivity index (χ2n) is 9.12. The topological polar surface area (TPSA) is 102 Å². The van der Waals surface area contributed by atoms with Crippen molar-refractivity contribution in [3.8, 4) is 11.8 Å². The molecule has 1 unspecified atom stereocenters. The third-order valence-corrected chi connectivity index (χ3v) is 5.90. The van der Waals surface area contributed by atoms with Gasteiger partial charge in [0.2, 0.25) is 0 Å². The highest BCUT2D eigenvalue weighted by molar-refractivity contribution is 5.83. The van der Waals surface area contributed by atoms with Crippen LogP contribution in [0.4, 0.5) is 0 Å². The number of carbonyl (C=O) groups excluding carboxylic acids is 2. The Morgan fingerprint density at radius 1 is 1.06 bits per heavy atom. The first-order valence-corrected chi connectivity index (χ1v) is 12.7. The van der Waals surface area contributed by atoms with Crippen LogP contribution in [0.5, 0.6) is 0 Å². The minimum atomic E-state index is -0.814. The van der Waals surface area contributed by atoms with E-state index in [-0.39, 0.29) is 37.0 Å². The van der Waals surface area contributed by atoms with E-state index in [2.05, 4.69) is 11.8 Å². The zero-order valence-electron chi connectivity index (χ0n) is 20.8. The molecule has 2 rings (SSSR count). The minimum Gasteiger partial charge on any atom is -0.462 e. The Balaban J connectivity index is 1.38. The van der Waals surface area contributed by atoms with Gasteiger partial charge in [0.05, 0.1) is 32.3 Å². The van der Waals surface area contributed by atoms with Gasteiger partial charge >= 0.3 is 5.97 Å². The molecule has 1 aliphatic rings. The van der Waals surface area contributed by atoms with Crippen LogP contribution in [0.3, 0.4) is 0 Å². The number of benzene rings is 1. The van der Waals surface area contributed by atoms with Gasteiger partial charge in [-0.1, -0.05) is 55.5 Å². The monoisotopic (exact) mass is 488 g/mol. The highest BCUT2D eigenvalue weighted by atomic mass is 16.6. The van der Waals surface area contributed by atoms with Crippen LogP contribution in [0.1, 0.15) is 76.4 Å². The van der Waals surface area contributed by atoms with Crippen LogP contribution in [-0.4, -0.2) is 60.6 Å². The second-order valence-corrected chi connectivity index (χ2v) is 9.12. The lowest BCUT2D eigenvalue weighted by molar-refractivity contribution is -0.145. The Morgan fingerprint density at radius 2 is 1.74 bits per heavy atom. The Bertz CT molecular complexity index is 799. The molecule has 1 aromatic carbocycles. The fourth-order valence-corrected chi connectivity index (χ4v) is 4.04. The number of aliphatic hydroxyl groups is 2. The summed E-state index contributed by atoms with van der Waals surface area (Å²) in [4.78, 5) is 22.9. The lowest BCUT2D eigenvalue weighted by Gasteiger charge is -2.12. The van der Waals surface area contributed by atoms with Gasteiger partial charge in [-0.25, -0.2) is 0 Å². The van der Waals surface area contributed by atoms with Crippen molar-refractivity contribution >= 4 is 11.8 Å². The fraction of sp³-hybridized carbons (Fsp3) is 0.643. The van der Waals surface area contributed by atoms with Crippen molar-refractivity contribution in [1.29, 1.82) is 0 Å². The average Bonchev–Trinajstić information content (AvgIpc) is 3.18. The minimum absolute atomic E-state index is 0.0335. The molecule has 7 heteroatoms. The molecular weight excluding hydrogens is 448 g/mol. The van der Waals surface area contributed by atoms with Gasteiger partial charge in [-0.05, 0) is 38.2 Å². The van der Waals surface area contributed by atoms with E-state index in [1.807, 2.05) is 30.3 Å². The summed E-state index contributed by atoms with van der Waals surface area (Å²) in [6, 6.07) is 9.34. The van der Waals surface area contributed by atoms with Gasteiger partial charge in [-0.2, -0.15) is 0 Å². The standard InChI is InChI=1S/C28H40O7/c1-22(29)18-24-19-26(35-28(24)32)15-11-6-4-2-3-5-10-14-25(30)20-33-16-17-34-21-27(31)23-12-8-7-9-13-23/h7-9,12-13,24-27,30-31H,2-6,11,15-21H2,1H3/t24?,25-,26+,27-/m0/s1. The summed E-state index contributed by atoms with van der Waals surface area (Å²) in [7, 11) is 0. The first-order valence-electron chi connectivity index (χ1n) is 12.7. The number of carbonyl (C=O) groups is 2. The maximum Gasteiger partial charge on any atom is 0.309 e. The molecular formula is C28H40O7. The van der Waals surface area contributed by atoms with Crippen LogP contribution in [0, 0.1) is 17.8 Å². The van der Waals surface area contributed by atoms with Gasteiger partial charge in [0.1, 0.15) is 24.1 Å². The van der Waals surface area contributed by atoms with Crippen LogP contribution in [0.25, 0.3) is 0 Å². The number of hydrogen-bond donors (Lipinski definition) is 2. The van der Waals surface area contributed by atoms with Gasteiger partial charge in [-0.3, -0.25) is 4.79 Å². The number of ether oxygens (including phenoxy) is 3. The third-order valence-electron chi connectivity index (χ3n) is 5.90. The molecule has 1 aromatic rings. The number of unbranched alkanes of at least 4 members (excludes halogenated alkanes) is 5. The third kappa shape index (κ3) is 12.9. The summed E-state index contributed by atoms with van der Waals surface area (Å²) < 4.78 is 16.2. The van der Waals surface area contributed by atoms with Gasteiger partial charge < -0.3 is 29.2 Å². The molecule has 0 radical (unpaired) electrons. The van der Waals surface area contributed by atoms with Crippen LogP contribution in [0.15, 0.2) is 30.3 Å². The van der Waals surface area contributed by atoms with Gasteiger partial charge in [0.15, 0.2) is 0 Å². The van der Waals surface area contributed by atoms with Crippen LogP contribution in [-0.2, 0) is 23.8 Å². The highest BCUT2D eigenvalue weighted by Crippen LogP contribution is 2.27. The van der Waals surface area contributed by atoms with E-state index in [1.54, 1.807) is 0 Å². The summed E-state index contributed by atoms with van der Waals surface area (Å²) in [5, 5.41) is 19.9. The average molecular weight is 489 g/mol. The molecule has 0 amide bonds. The van der Waals surface area contributed by atoms with Gasteiger partial charge in [0.25, 0.3) is 0 Å². The maximum absolute atomic E-state index is 11.7. The van der Waals surface area contributed by atoms with Crippen molar-refractivity contribution < 1.29 is 34.0 Å². The molecule has 0 aliphatic carbocycles. The van der Waals surface area contributed by atoms with Crippen molar-refractivity contribution in [2.45, 2.75) is 83.0 Å². The number of aliphatic hydroxyl groups excluding tert-OH is 2. The van der Waals surface area contributed by atoms with E-state index >= 15 is 0 Å². The normalized spacial score (nSPS) is 19.0. The number of hydrogen-bond acceptors (Lipinski definition) is 7. The number of rotatable bonds is 17. The molecule has 1 aliphatic heterocycles. The maximum atomic E-state index is 11.7. The lowest BCUT2D eigenvalue weighted by atomic mass is 9.97. The summed E-state index contributed by atoms with van der Waals surface area (Å²) >= 11 is 0. The SMILES string of the molecule is CC(=O)CC1C[C@@H](CCCCCCCC#C[C@H](O)COCCOC[C@H](O)c2ccccc2)OC1=O. The van der Waals surface area contributed by atoms with Crippen molar-refractivity contribution in [1.82, 2.24) is 0 Å². The quantitative estimate of drug-likeness (QED) is 0.196. The Hall–Kier alpha value is -2.24. The molecule has 1 heterocycles. The zero-order chi connectivity index (χ0) is 25.3. The predicted octanol–water partition coefficient (Wildman–Crippen LogP) is 3.76. The number of ketones is 1. The van der Waals surface area contributed by atoms with E-state index in [1.165, 1.54) is 6.92 Å². The largest absolute Gasteiger partial charge is 0.462 e. The molecule has 0 saturated carbocycles. The number of esters is 1. The van der Waals surface area contributed by atoms with E-state index in [0.717, 1.165) is 50.5 Å². The molecule has 1 fully saturated rings. The van der Waals surface area contributed by atoms with E-state index in [0.29, 0.717) is 26.1 Å². The fourth-order valence-electron chi connectivity index (χ4n) is 4.04. The summed E-state index contributed by atoms with van der Waals surface area (Å²) in [6.07, 6.45) is 6.32. The molecule has 2 N–H and O–H groups in total. The first-order chi connectivity index (χ1) is 17.0. The van der Waals surface area contributed by atoms with E-state index < -0.39 is 12.2 Å². The van der Waals surface area contributed by atoms with Crippen LogP contribution >= 0.6 is 0 Å². The number of cyclic esters (lactones) is 1. The van der Waals surface area contributed by atoms with E-state index in [9.17, 15) is 19.8 Å². The van der Waals surface area contributed by atoms with Gasteiger partial charge in [0, 0.05) is 12.8 Å².